The van der Waals surface area contributed by atoms with Gasteiger partial charge in [-0.2, -0.15) is 0 Å². The number of fused-ring (bicyclic) bond motifs is 1. The zero-order valence-corrected chi connectivity index (χ0v) is 16.8. The summed E-state index contributed by atoms with van der Waals surface area (Å²) in [7, 11) is 3.34. The van der Waals surface area contributed by atoms with Crippen molar-refractivity contribution >= 4 is 11.4 Å². The van der Waals surface area contributed by atoms with Gasteiger partial charge in [-0.3, -0.25) is 4.79 Å². The maximum Gasteiger partial charge on any atom is 0.193 e. The molecule has 0 unspecified atom stereocenters. The molecule has 0 bridgehead atoms. The van der Waals surface area contributed by atoms with Gasteiger partial charge in [-0.05, 0) is 79.1 Å². The second-order valence-corrected chi connectivity index (χ2v) is 7.82. The Morgan fingerprint density at radius 2 is 1.54 bits per heavy atom. The van der Waals surface area contributed by atoms with Gasteiger partial charge in [0.05, 0.1) is 14.2 Å². The number of carbonyl (C=O) groups is 1. The van der Waals surface area contributed by atoms with E-state index in [2.05, 4.69) is 12.1 Å². The van der Waals surface area contributed by atoms with E-state index in [0.29, 0.717) is 5.92 Å². The van der Waals surface area contributed by atoms with Gasteiger partial charge in [-0.25, -0.2) is 0 Å². The van der Waals surface area contributed by atoms with Gasteiger partial charge < -0.3 is 9.47 Å². The number of benzene rings is 2. The van der Waals surface area contributed by atoms with Crippen LogP contribution in [0.4, 0.5) is 0 Å². The molecule has 0 spiro atoms. The predicted molar refractivity (Wildman–Crippen MR) is 112 cm³/mol. The quantitative estimate of drug-likeness (QED) is 0.613. The Balaban J connectivity index is 1.80. The molecule has 2 aromatic rings. The summed E-state index contributed by atoms with van der Waals surface area (Å²) in [6.07, 6.45) is 8.24. The van der Waals surface area contributed by atoms with Crippen LogP contribution >= 0.6 is 0 Å². The van der Waals surface area contributed by atoms with Crippen molar-refractivity contribution in [2.24, 2.45) is 5.92 Å². The minimum Gasteiger partial charge on any atom is -0.497 e. The molecule has 1 fully saturated rings. The minimum absolute atomic E-state index is 0.134. The van der Waals surface area contributed by atoms with Crippen LogP contribution in [0, 0.1) is 5.92 Å². The van der Waals surface area contributed by atoms with Crippen LogP contribution in [0.3, 0.4) is 0 Å². The largest absolute Gasteiger partial charge is 0.497 e. The van der Waals surface area contributed by atoms with Crippen molar-refractivity contribution < 1.29 is 14.3 Å². The molecule has 2 aromatic carbocycles. The summed E-state index contributed by atoms with van der Waals surface area (Å²) in [6.45, 7) is 0. The van der Waals surface area contributed by atoms with Crippen LogP contribution in [-0.4, -0.2) is 20.0 Å². The fourth-order valence-electron chi connectivity index (χ4n) is 4.73. The van der Waals surface area contributed by atoms with E-state index in [1.807, 2.05) is 30.3 Å². The predicted octanol–water partition coefficient (Wildman–Crippen LogP) is 5.87. The van der Waals surface area contributed by atoms with Crippen molar-refractivity contribution in [3.63, 3.8) is 0 Å². The Hall–Kier alpha value is -2.55. The van der Waals surface area contributed by atoms with Crippen molar-refractivity contribution in [1.82, 2.24) is 0 Å². The summed E-state index contributed by atoms with van der Waals surface area (Å²) in [5.74, 6) is 2.30. The van der Waals surface area contributed by atoms with Crippen LogP contribution in [0.5, 0.6) is 11.5 Å². The molecule has 0 saturated heterocycles. The Labute approximate surface area is 167 Å². The molecule has 2 aliphatic carbocycles. The standard InChI is InChI=1S/C25H28O3/c1-27-20-11-8-18(9-12-20)25(26)24-22(17-6-4-3-5-7-17)14-10-19-16-21(28-2)13-15-23(19)24/h8-9,11-13,15-17H,3-7,10,14H2,1-2H3. The lowest BCUT2D eigenvalue weighted by molar-refractivity contribution is 0.105. The van der Waals surface area contributed by atoms with Gasteiger partial charge in [-0.1, -0.05) is 30.9 Å². The molecule has 0 N–H and O–H groups in total. The minimum atomic E-state index is 0.134. The molecule has 0 amide bonds. The van der Waals surface area contributed by atoms with Gasteiger partial charge in [-0.15, -0.1) is 0 Å². The van der Waals surface area contributed by atoms with Crippen molar-refractivity contribution in [3.8, 4) is 11.5 Å². The van der Waals surface area contributed by atoms with Gasteiger partial charge in [0.1, 0.15) is 11.5 Å². The SMILES string of the molecule is COc1ccc(C(=O)C2=C(C3CCCCC3)CCc3cc(OC)ccc32)cc1. The van der Waals surface area contributed by atoms with E-state index >= 15 is 0 Å². The van der Waals surface area contributed by atoms with Crippen molar-refractivity contribution in [2.45, 2.75) is 44.9 Å². The highest BCUT2D eigenvalue weighted by Gasteiger charge is 2.30. The molecule has 3 heteroatoms. The van der Waals surface area contributed by atoms with E-state index in [9.17, 15) is 4.79 Å². The van der Waals surface area contributed by atoms with Gasteiger partial charge in [0.25, 0.3) is 0 Å². The molecule has 0 aliphatic heterocycles. The second-order valence-electron chi connectivity index (χ2n) is 7.82. The molecule has 1 saturated carbocycles. The van der Waals surface area contributed by atoms with Gasteiger partial charge in [0.15, 0.2) is 5.78 Å². The molecular weight excluding hydrogens is 348 g/mol. The Morgan fingerprint density at radius 1 is 0.857 bits per heavy atom. The number of methoxy groups -OCH3 is 2. The third kappa shape index (κ3) is 3.58. The molecule has 2 aliphatic rings. The number of ketones is 1. The number of carbonyl (C=O) groups excluding carboxylic acids is 1. The smallest absolute Gasteiger partial charge is 0.193 e. The monoisotopic (exact) mass is 376 g/mol. The van der Waals surface area contributed by atoms with Crippen LogP contribution in [0.1, 0.15) is 60.0 Å². The number of ether oxygens (including phenoxy) is 2. The van der Waals surface area contributed by atoms with E-state index in [0.717, 1.165) is 41.0 Å². The fraction of sp³-hybridized carbons (Fsp3) is 0.400. The lowest BCUT2D eigenvalue weighted by Crippen LogP contribution is -2.19. The summed E-state index contributed by atoms with van der Waals surface area (Å²) in [5.41, 5.74) is 5.34. The molecule has 0 radical (unpaired) electrons. The summed E-state index contributed by atoms with van der Waals surface area (Å²) in [5, 5.41) is 0. The van der Waals surface area contributed by atoms with Crippen molar-refractivity contribution in [1.29, 1.82) is 0 Å². The Morgan fingerprint density at radius 3 is 2.21 bits per heavy atom. The van der Waals surface area contributed by atoms with Gasteiger partial charge in [0, 0.05) is 11.1 Å². The van der Waals surface area contributed by atoms with Crippen LogP contribution in [0.15, 0.2) is 48.0 Å². The summed E-state index contributed by atoms with van der Waals surface area (Å²) in [6, 6.07) is 13.6. The van der Waals surface area contributed by atoms with E-state index in [1.165, 1.54) is 43.2 Å². The van der Waals surface area contributed by atoms with E-state index in [-0.39, 0.29) is 5.78 Å². The van der Waals surface area contributed by atoms with Crippen LogP contribution in [0.25, 0.3) is 5.57 Å². The number of rotatable bonds is 5. The zero-order valence-electron chi connectivity index (χ0n) is 16.8. The first-order valence-electron chi connectivity index (χ1n) is 10.3. The molecular formula is C25H28O3. The molecule has 0 aromatic heterocycles. The van der Waals surface area contributed by atoms with E-state index in [4.69, 9.17) is 9.47 Å². The maximum atomic E-state index is 13.6. The molecule has 28 heavy (non-hydrogen) atoms. The van der Waals surface area contributed by atoms with Crippen LogP contribution < -0.4 is 9.47 Å². The first-order chi connectivity index (χ1) is 13.7. The zero-order chi connectivity index (χ0) is 19.5. The second kappa shape index (κ2) is 8.22. The average molecular weight is 376 g/mol. The molecule has 4 rings (SSSR count). The number of allylic oxidation sites excluding steroid dienone is 2. The lowest BCUT2D eigenvalue weighted by atomic mass is 9.73. The molecule has 0 atom stereocenters. The summed E-state index contributed by atoms with van der Waals surface area (Å²) in [4.78, 5) is 13.6. The molecule has 3 nitrogen and oxygen atoms in total. The lowest BCUT2D eigenvalue weighted by Gasteiger charge is -2.31. The maximum absolute atomic E-state index is 13.6. The van der Waals surface area contributed by atoms with E-state index < -0.39 is 0 Å². The van der Waals surface area contributed by atoms with E-state index in [1.54, 1.807) is 14.2 Å². The Kier molecular flexibility index (Phi) is 5.52. The number of hydrogen-bond donors (Lipinski definition) is 0. The first-order valence-corrected chi connectivity index (χ1v) is 10.3. The third-order valence-corrected chi connectivity index (χ3v) is 6.24. The number of Topliss-reactive ketones (excluding diaryl/α,β-unsaturated/α-hetero) is 1. The number of aryl methyl sites for hydroxylation is 1. The summed E-state index contributed by atoms with van der Waals surface area (Å²) >= 11 is 0. The van der Waals surface area contributed by atoms with Gasteiger partial charge >= 0.3 is 0 Å². The van der Waals surface area contributed by atoms with Crippen molar-refractivity contribution in [3.05, 3.63) is 64.7 Å². The topological polar surface area (TPSA) is 35.5 Å². The van der Waals surface area contributed by atoms with Crippen LogP contribution in [-0.2, 0) is 6.42 Å². The van der Waals surface area contributed by atoms with Crippen molar-refractivity contribution in [2.75, 3.05) is 14.2 Å². The summed E-state index contributed by atoms with van der Waals surface area (Å²) < 4.78 is 10.7. The molecule has 146 valence electrons. The van der Waals surface area contributed by atoms with Crippen LogP contribution in [0.2, 0.25) is 0 Å². The number of hydrogen-bond acceptors (Lipinski definition) is 3. The average Bonchev–Trinajstić information content (AvgIpc) is 2.78. The Bertz CT molecular complexity index is 887. The normalized spacial score (nSPS) is 17.2. The highest BCUT2D eigenvalue weighted by Crippen LogP contribution is 2.42. The first kappa shape index (κ1) is 18.8. The van der Waals surface area contributed by atoms with Gasteiger partial charge in [0.2, 0.25) is 0 Å². The highest BCUT2D eigenvalue weighted by atomic mass is 16.5. The fourth-order valence-corrected chi connectivity index (χ4v) is 4.73. The molecule has 0 heterocycles. The highest BCUT2D eigenvalue weighted by molar-refractivity contribution is 6.30. The third-order valence-electron chi connectivity index (χ3n) is 6.24.